The van der Waals surface area contributed by atoms with Crippen LogP contribution in [-0.4, -0.2) is 77.4 Å². The van der Waals surface area contributed by atoms with E-state index in [1.165, 1.54) is 12.1 Å². The van der Waals surface area contributed by atoms with E-state index in [4.69, 9.17) is 25.8 Å². The van der Waals surface area contributed by atoms with E-state index in [0.29, 0.717) is 42.5 Å². The fourth-order valence-electron chi connectivity index (χ4n) is 4.22. The quantitative estimate of drug-likeness (QED) is 0.321. The van der Waals surface area contributed by atoms with Crippen molar-refractivity contribution in [2.24, 2.45) is 0 Å². The molecule has 39 heavy (non-hydrogen) atoms. The molecule has 10 nitrogen and oxygen atoms in total. The lowest BCUT2D eigenvalue weighted by atomic mass is 10.0. The molecule has 0 aromatic heterocycles. The molecule has 0 radical (unpaired) electrons. The lowest BCUT2D eigenvalue weighted by Crippen LogP contribution is -2.53. The second-order valence-corrected chi connectivity index (χ2v) is 10.0. The molecule has 0 saturated carbocycles. The molecule has 1 spiro atoms. The Hall–Kier alpha value is -3.42. The summed E-state index contributed by atoms with van der Waals surface area (Å²) in [5.41, 5.74) is -1.38. The summed E-state index contributed by atoms with van der Waals surface area (Å²) in [7, 11) is 0. The van der Waals surface area contributed by atoms with Crippen LogP contribution in [0.2, 0.25) is 5.02 Å². The number of halogens is 4. The molecule has 1 atom stereocenters. The van der Waals surface area contributed by atoms with Crippen molar-refractivity contribution >= 4 is 29.2 Å². The van der Waals surface area contributed by atoms with Crippen molar-refractivity contribution in [3.05, 3.63) is 41.4 Å². The van der Waals surface area contributed by atoms with E-state index in [1.54, 1.807) is 25.1 Å². The van der Waals surface area contributed by atoms with Gasteiger partial charge >= 0.3 is 12.1 Å². The highest BCUT2D eigenvalue weighted by molar-refractivity contribution is 6.30. The first-order valence-electron chi connectivity index (χ1n) is 11.9. The van der Waals surface area contributed by atoms with Crippen LogP contribution in [0.25, 0.3) is 0 Å². The summed E-state index contributed by atoms with van der Waals surface area (Å²) in [4.78, 5) is 24.8. The molecule has 1 amide bonds. The molecule has 2 aromatic carbocycles. The number of amides is 1. The topological polar surface area (TPSA) is 127 Å². The third-order valence-corrected chi connectivity index (χ3v) is 6.26. The molecule has 14 heteroatoms. The zero-order chi connectivity index (χ0) is 28.4. The summed E-state index contributed by atoms with van der Waals surface area (Å²) >= 11 is 6.03. The van der Waals surface area contributed by atoms with Gasteiger partial charge in [0.15, 0.2) is 18.1 Å². The molecule has 0 unspecified atom stereocenters. The Kier molecular flexibility index (Phi) is 8.05. The van der Waals surface area contributed by atoms with E-state index in [2.05, 4.69) is 10.1 Å². The molecule has 0 aliphatic carbocycles. The van der Waals surface area contributed by atoms with Crippen LogP contribution >= 0.6 is 11.6 Å². The molecule has 2 aliphatic heterocycles. The number of β-amino-alcohol motifs (C(OH)–C–C–N with tert-alkyl or cyclic N) is 1. The van der Waals surface area contributed by atoms with Gasteiger partial charge in [-0.3, -0.25) is 9.69 Å². The van der Waals surface area contributed by atoms with E-state index in [0.717, 1.165) is 6.07 Å². The van der Waals surface area contributed by atoms with Gasteiger partial charge in [-0.15, -0.1) is 0 Å². The van der Waals surface area contributed by atoms with E-state index >= 15 is 0 Å². The Labute approximate surface area is 226 Å². The number of likely N-dealkylation sites (tertiary alicyclic amines) is 1. The Bertz CT molecular complexity index is 1230. The van der Waals surface area contributed by atoms with Crippen LogP contribution in [0.1, 0.15) is 19.8 Å². The zero-order valence-corrected chi connectivity index (χ0v) is 21.5. The number of esters is 1. The highest BCUT2D eigenvalue weighted by atomic mass is 35.5. The molecular weight excluding hydrogens is 549 g/mol. The van der Waals surface area contributed by atoms with Crippen LogP contribution < -0.4 is 19.5 Å². The summed E-state index contributed by atoms with van der Waals surface area (Å²) in [6.07, 6.45) is -4.15. The first-order valence-corrected chi connectivity index (χ1v) is 12.2. The van der Waals surface area contributed by atoms with Crippen molar-refractivity contribution in [1.29, 1.82) is 0 Å². The highest BCUT2D eigenvalue weighted by Crippen LogP contribution is 2.44. The molecule has 1 fully saturated rings. The van der Waals surface area contributed by atoms with Crippen molar-refractivity contribution in [2.45, 2.75) is 37.3 Å². The molecular formula is C25H26ClF3N2O8. The predicted octanol–water partition coefficient (Wildman–Crippen LogP) is 3.48. The zero-order valence-electron chi connectivity index (χ0n) is 20.7. The lowest BCUT2D eigenvalue weighted by molar-refractivity contribution is -0.199. The van der Waals surface area contributed by atoms with E-state index < -0.39 is 36.0 Å². The molecule has 2 aromatic rings. The number of anilines is 1. The summed E-state index contributed by atoms with van der Waals surface area (Å²) in [6, 6.07) is 8.81. The Morgan fingerprint density at radius 2 is 1.82 bits per heavy atom. The number of phenols is 1. The molecule has 2 aliphatic rings. The molecule has 212 valence electrons. The fraction of sp³-hybridized carbons (Fsp3) is 0.440. The minimum absolute atomic E-state index is 0.00762. The molecule has 0 bridgehead atoms. The van der Waals surface area contributed by atoms with Crippen LogP contribution in [0, 0.1) is 0 Å². The number of piperidine rings is 1. The molecule has 4 rings (SSSR count). The molecule has 3 N–H and O–H groups in total. The summed E-state index contributed by atoms with van der Waals surface area (Å²) in [6.45, 7) is 1.45. The summed E-state index contributed by atoms with van der Waals surface area (Å²) in [5.74, 6) is -3.41. The lowest BCUT2D eigenvalue weighted by Gasteiger charge is -2.39. The number of nitrogens with one attached hydrogen (secondary N) is 1. The van der Waals surface area contributed by atoms with Gasteiger partial charge < -0.3 is 34.5 Å². The van der Waals surface area contributed by atoms with Crippen LogP contribution in [0.5, 0.6) is 23.0 Å². The summed E-state index contributed by atoms with van der Waals surface area (Å²) < 4.78 is 58.4. The van der Waals surface area contributed by atoms with Crippen molar-refractivity contribution in [3.63, 3.8) is 0 Å². The second kappa shape index (κ2) is 11.0. The SMILES string of the molecule is C[C@@](O)(COc1cc(O)ccc1NC(=O)COC(=O)C(F)(F)F)CN1CCC2(CC1)Oc1ccc(Cl)cc1O2. The Morgan fingerprint density at radius 1 is 1.13 bits per heavy atom. The highest BCUT2D eigenvalue weighted by Gasteiger charge is 2.45. The van der Waals surface area contributed by atoms with Gasteiger partial charge in [0.1, 0.15) is 23.7 Å². The van der Waals surface area contributed by atoms with Crippen LogP contribution in [-0.2, 0) is 14.3 Å². The predicted molar refractivity (Wildman–Crippen MR) is 131 cm³/mol. The first-order chi connectivity index (χ1) is 18.2. The number of nitrogens with zero attached hydrogens (tertiary/aromatic N) is 1. The number of phenolic OH excluding ortho intramolecular Hbond substituents is 1. The number of carbonyl (C=O) groups is 2. The number of benzene rings is 2. The van der Waals surface area contributed by atoms with Crippen LogP contribution in [0.15, 0.2) is 36.4 Å². The number of alkyl halides is 3. The largest absolute Gasteiger partial charge is 0.508 e. The number of aliphatic hydroxyl groups is 1. The second-order valence-electron chi connectivity index (χ2n) is 9.57. The smallest absolute Gasteiger partial charge is 0.490 e. The van der Waals surface area contributed by atoms with Crippen molar-refractivity contribution in [2.75, 3.05) is 38.2 Å². The minimum Gasteiger partial charge on any atom is -0.508 e. The van der Waals surface area contributed by atoms with Gasteiger partial charge in [-0.05, 0) is 31.2 Å². The van der Waals surface area contributed by atoms with Crippen LogP contribution in [0.4, 0.5) is 18.9 Å². The number of carbonyl (C=O) groups excluding carboxylic acids is 2. The minimum atomic E-state index is -5.23. The number of rotatable bonds is 8. The van der Waals surface area contributed by atoms with Gasteiger partial charge in [-0.25, -0.2) is 4.79 Å². The Balaban J connectivity index is 1.29. The van der Waals surface area contributed by atoms with Gasteiger partial charge in [0, 0.05) is 49.6 Å². The Morgan fingerprint density at radius 3 is 2.51 bits per heavy atom. The van der Waals surface area contributed by atoms with Gasteiger partial charge in [0.2, 0.25) is 0 Å². The third kappa shape index (κ3) is 7.37. The maximum absolute atomic E-state index is 12.3. The van der Waals surface area contributed by atoms with Crippen molar-refractivity contribution in [3.8, 4) is 23.0 Å². The van der Waals surface area contributed by atoms with E-state index in [-0.39, 0.29) is 30.3 Å². The van der Waals surface area contributed by atoms with Gasteiger partial charge in [0.05, 0.1) is 5.69 Å². The monoisotopic (exact) mass is 574 g/mol. The van der Waals surface area contributed by atoms with Gasteiger partial charge in [0.25, 0.3) is 11.7 Å². The van der Waals surface area contributed by atoms with Gasteiger partial charge in [-0.2, -0.15) is 13.2 Å². The average molecular weight is 575 g/mol. The normalized spacial score (nSPS) is 17.9. The number of hydrogen-bond acceptors (Lipinski definition) is 9. The maximum atomic E-state index is 12.3. The van der Waals surface area contributed by atoms with Gasteiger partial charge in [-0.1, -0.05) is 11.6 Å². The fourth-order valence-corrected chi connectivity index (χ4v) is 4.38. The number of aromatic hydroxyl groups is 1. The third-order valence-electron chi connectivity index (χ3n) is 6.02. The van der Waals surface area contributed by atoms with E-state index in [1.807, 2.05) is 4.90 Å². The molecule has 1 saturated heterocycles. The molecule has 2 heterocycles. The van der Waals surface area contributed by atoms with Crippen molar-refractivity contribution < 1.29 is 51.9 Å². The number of ether oxygens (including phenoxy) is 4. The van der Waals surface area contributed by atoms with E-state index in [9.17, 15) is 33.0 Å². The number of fused-ring (bicyclic) bond motifs is 1. The van der Waals surface area contributed by atoms with Crippen molar-refractivity contribution in [1.82, 2.24) is 4.90 Å². The first kappa shape index (κ1) is 28.6. The number of hydrogen-bond donors (Lipinski definition) is 3. The average Bonchev–Trinajstić information content (AvgIpc) is 3.20. The van der Waals surface area contributed by atoms with Crippen LogP contribution in [0.3, 0.4) is 0 Å². The maximum Gasteiger partial charge on any atom is 0.490 e. The summed E-state index contributed by atoms with van der Waals surface area (Å²) in [5, 5.41) is 23.6. The standard InChI is InChI=1S/C25H26ClF3N2O8/c1-23(35,13-31-8-6-24(7-9-31)38-18-5-2-15(26)10-20(18)39-24)14-37-19-11-16(32)3-4-17(19)30-21(33)12-36-22(34)25(27,28)29/h2-5,10-11,32,35H,6-9,12-14H2,1H3,(H,30,33)/t23-/m0/s1.